The number of nitrogens with two attached hydrogens (primary N) is 1. The molecular formula is C10H15BN2O4. The third-order valence-corrected chi connectivity index (χ3v) is 2.19. The van der Waals surface area contributed by atoms with E-state index >= 15 is 0 Å². The van der Waals surface area contributed by atoms with Crippen molar-refractivity contribution in [3.63, 3.8) is 0 Å². The number of aromatic hydroxyl groups is 1. The molecule has 0 unspecified atom stereocenters. The minimum absolute atomic E-state index is 0.148. The summed E-state index contributed by atoms with van der Waals surface area (Å²) in [7, 11) is -1.58. The van der Waals surface area contributed by atoms with Crippen molar-refractivity contribution in [1.29, 1.82) is 0 Å². The first-order valence-corrected chi connectivity index (χ1v) is 5.16. The maximum Gasteiger partial charge on any atom is 0.472 e. The van der Waals surface area contributed by atoms with E-state index in [1.165, 1.54) is 12.1 Å². The molecule has 0 heterocycles. The maximum atomic E-state index is 11.4. The number of carbonyl (C=O) groups is 1. The van der Waals surface area contributed by atoms with Gasteiger partial charge in [0.05, 0.1) is 12.5 Å². The van der Waals surface area contributed by atoms with Gasteiger partial charge in [0.2, 0.25) is 5.91 Å². The summed E-state index contributed by atoms with van der Waals surface area (Å²) in [4.78, 5) is 11.4. The molecule has 92 valence electrons. The molecule has 0 fully saturated rings. The number of rotatable bonds is 5. The highest BCUT2D eigenvalue weighted by atomic mass is 16.4. The van der Waals surface area contributed by atoms with Gasteiger partial charge in [-0.1, -0.05) is 12.1 Å². The van der Waals surface area contributed by atoms with Crippen molar-refractivity contribution in [2.75, 3.05) is 6.44 Å². The minimum atomic E-state index is -1.58. The van der Waals surface area contributed by atoms with Crippen molar-refractivity contribution in [3.8, 4) is 5.75 Å². The van der Waals surface area contributed by atoms with Gasteiger partial charge >= 0.3 is 7.12 Å². The minimum Gasteiger partial charge on any atom is -0.508 e. The van der Waals surface area contributed by atoms with Crippen LogP contribution in [-0.4, -0.2) is 40.7 Å². The third-order valence-electron chi connectivity index (χ3n) is 2.19. The van der Waals surface area contributed by atoms with Crippen LogP contribution in [0.2, 0.25) is 0 Å². The van der Waals surface area contributed by atoms with Crippen molar-refractivity contribution >= 4 is 13.0 Å². The highest BCUT2D eigenvalue weighted by molar-refractivity contribution is 6.41. The number of nitrogens with one attached hydrogen (secondary N) is 1. The van der Waals surface area contributed by atoms with Crippen LogP contribution in [0.1, 0.15) is 5.56 Å². The van der Waals surface area contributed by atoms with E-state index in [2.05, 4.69) is 5.32 Å². The summed E-state index contributed by atoms with van der Waals surface area (Å²) in [5, 5.41) is 28.5. The van der Waals surface area contributed by atoms with Crippen molar-refractivity contribution in [3.05, 3.63) is 29.8 Å². The van der Waals surface area contributed by atoms with Gasteiger partial charge in [0.25, 0.3) is 0 Å². The highest BCUT2D eigenvalue weighted by Crippen LogP contribution is 2.10. The zero-order valence-electron chi connectivity index (χ0n) is 9.21. The smallest absolute Gasteiger partial charge is 0.472 e. The lowest BCUT2D eigenvalue weighted by Gasteiger charge is -2.12. The second kappa shape index (κ2) is 6.24. The van der Waals surface area contributed by atoms with Crippen LogP contribution < -0.4 is 11.1 Å². The third kappa shape index (κ3) is 4.86. The molecule has 0 spiro atoms. The molecule has 1 amide bonds. The van der Waals surface area contributed by atoms with E-state index in [4.69, 9.17) is 20.9 Å². The number of phenols is 1. The topological polar surface area (TPSA) is 116 Å². The van der Waals surface area contributed by atoms with Gasteiger partial charge in [-0.05, 0) is 24.1 Å². The maximum absolute atomic E-state index is 11.4. The van der Waals surface area contributed by atoms with E-state index in [-0.39, 0.29) is 12.2 Å². The zero-order valence-corrected chi connectivity index (χ0v) is 9.21. The first kappa shape index (κ1) is 13.5. The quantitative estimate of drug-likeness (QED) is 0.396. The molecule has 0 saturated carbocycles. The van der Waals surface area contributed by atoms with Gasteiger partial charge < -0.3 is 26.2 Å². The Morgan fingerprint density at radius 1 is 1.35 bits per heavy atom. The average molecular weight is 238 g/mol. The first-order chi connectivity index (χ1) is 7.99. The van der Waals surface area contributed by atoms with Crippen LogP contribution in [0.5, 0.6) is 5.75 Å². The molecule has 0 saturated heterocycles. The Balaban J connectivity index is 2.45. The number of hydrogen-bond donors (Lipinski definition) is 5. The van der Waals surface area contributed by atoms with E-state index < -0.39 is 19.1 Å². The largest absolute Gasteiger partial charge is 0.508 e. The summed E-state index contributed by atoms with van der Waals surface area (Å²) in [5.41, 5.74) is 6.45. The molecule has 7 heteroatoms. The Morgan fingerprint density at radius 2 is 1.94 bits per heavy atom. The lowest BCUT2D eigenvalue weighted by atomic mass is 9.92. The molecule has 1 aromatic rings. The van der Waals surface area contributed by atoms with Gasteiger partial charge in [-0.3, -0.25) is 4.79 Å². The van der Waals surface area contributed by atoms with Crippen molar-refractivity contribution in [2.45, 2.75) is 12.5 Å². The van der Waals surface area contributed by atoms with E-state index in [1.54, 1.807) is 12.1 Å². The molecule has 0 radical (unpaired) electrons. The molecule has 17 heavy (non-hydrogen) atoms. The number of amides is 1. The molecule has 0 aliphatic heterocycles. The Labute approximate surface area is 99.2 Å². The predicted molar refractivity (Wildman–Crippen MR) is 63.0 cm³/mol. The second-order valence-electron chi connectivity index (χ2n) is 3.70. The molecule has 6 N–H and O–H groups in total. The average Bonchev–Trinajstić information content (AvgIpc) is 2.28. The Kier molecular flexibility index (Phi) is 4.95. The van der Waals surface area contributed by atoms with Crippen LogP contribution in [0.4, 0.5) is 0 Å². The van der Waals surface area contributed by atoms with Crippen LogP contribution in [0.15, 0.2) is 24.3 Å². The number of benzene rings is 1. The van der Waals surface area contributed by atoms with Crippen LogP contribution in [0.25, 0.3) is 0 Å². The molecule has 1 atom stereocenters. The van der Waals surface area contributed by atoms with Gasteiger partial charge in [0.1, 0.15) is 5.75 Å². The fourth-order valence-corrected chi connectivity index (χ4v) is 1.30. The molecule has 0 bridgehead atoms. The van der Waals surface area contributed by atoms with Crippen molar-refractivity contribution in [2.24, 2.45) is 5.73 Å². The summed E-state index contributed by atoms with van der Waals surface area (Å²) in [5.74, 6) is -0.304. The predicted octanol–water partition coefficient (Wildman–Crippen LogP) is -1.61. The van der Waals surface area contributed by atoms with E-state index in [0.29, 0.717) is 6.42 Å². The van der Waals surface area contributed by atoms with Crippen molar-refractivity contribution < 1.29 is 19.9 Å². The lowest BCUT2D eigenvalue weighted by molar-refractivity contribution is -0.122. The number of phenolic OH excluding ortho intramolecular Hbond substituents is 1. The van der Waals surface area contributed by atoms with Gasteiger partial charge in [0.15, 0.2) is 0 Å². The fraction of sp³-hybridized carbons (Fsp3) is 0.300. The number of carbonyl (C=O) groups excluding carboxylic acids is 1. The molecule has 1 aromatic carbocycles. The van der Waals surface area contributed by atoms with Crippen molar-refractivity contribution in [1.82, 2.24) is 5.32 Å². The van der Waals surface area contributed by atoms with Gasteiger partial charge in [-0.2, -0.15) is 0 Å². The zero-order chi connectivity index (χ0) is 12.8. The van der Waals surface area contributed by atoms with Crippen LogP contribution in [0.3, 0.4) is 0 Å². The molecule has 1 rings (SSSR count). The van der Waals surface area contributed by atoms with Crippen LogP contribution >= 0.6 is 0 Å². The van der Waals surface area contributed by atoms with Crippen LogP contribution in [0, 0.1) is 0 Å². The molecule has 6 nitrogen and oxygen atoms in total. The monoisotopic (exact) mass is 238 g/mol. The summed E-state index contributed by atoms with van der Waals surface area (Å²) in [6.07, 6.45) is 0.0652. The number of hydrogen-bond acceptors (Lipinski definition) is 5. The van der Waals surface area contributed by atoms with Gasteiger partial charge in [-0.25, -0.2) is 0 Å². The fourth-order valence-electron chi connectivity index (χ4n) is 1.30. The van der Waals surface area contributed by atoms with E-state index in [1.807, 2.05) is 0 Å². The summed E-state index contributed by atoms with van der Waals surface area (Å²) in [6, 6.07) is 5.60. The molecule has 0 aliphatic rings. The summed E-state index contributed by atoms with van der Waals surface area (Å²) < 4.78 is 0. The van der Waals surface area contributed by atoms with E-state index in [0.717, 1.165) is 5.56 Å². The SMILES string of the molecule is N[C@@H](Cc1ccc(O)cc1)C(=O)NCB(O)O. The summed E-state index contributed by atoms with van der Waals surface area (Å²) in [6.45, 7) is 0. The Hall–Kier alpha value is -1.57. The standard InChI is InChI=1S/C10H15BN2O4/c12-9(10(15)13-6-11(16)17)5-7-1-3-8(14)4-2-7/h1-4,9,14,16-17H,5-6,12H2,(H,13,15)/t9-/m0/s1. The summed E-state index contributed by atoms with van der Waals surface area (Å²) >= 11 is 0. The van der Waals surface area contributed by atoms with Gasteiger partial charge in [0, 0.05) is 0 Å². The van der Waals surface area contributed by atoms with E-state index in [9.17, 15) is 4.79 Å². The van der Waals surface area contributed by atoms with Gasteiger partial charge in [-0.15, -0.1) is 0 Å². The normalized spacial score (nSPS) is 11.9. The Bertz CT molecular complexity index is 369. The molecule has 0 aromatic heterocycles. The molecule has 0 aliphatic carbocycles. The Morgan fingerprint density at radius 3 is 2.47 bits per heavy atom. The highest BCUT2D eigenvalue weighted by Gasteiger charge is 2.16. The van der Waals surface area contributed by atoms with Crippen LogP contribution in [-0.2, 0) is 11.2 Å². The first-order valence-electron chi connectivity index (χ1n) is 5.16. The second-order valence-corrected chi connectivity index (χ2v) is 3.70. The molecular weight excluding hydrogens is 223 g/mol. The lowest BCUT2D eigenvalue weighted by Crippen LogP contribution is -2.45.